The van der Waals surface area contributed by atoms with Crippen LogP contribution in [0.4, 0.5) is 0 Å². The van der Waals surface area contributed by atoms with Gasteiger partial charge in [-0.15, -0.1) is 0 Å². The van der Waals surface area contributed by atoms with E-state index in [0.717, 1.165) is 44.9 Å². The Labute approximate surface area is 129 Å². The van der Waals surface area contributed by atoms with Crippen molar-refractivity contribution in [2.45, 2.75) is 65.2 Å². The van der Waals surface area contributed by atoms with Crippen LogP contribution in [0.5, 0.6) is 0 Å². The largest absolute Gasteiger partial charge is 0.469 e. The Morgan fingerprint density at radius 2 is 1.33 bits per heavy atom. The maximum absolute atomic E-state index is 12.2. The van der Waals surface area contributed by atoms with E-state index in [-0.39, 0.29) is 5.97 Å². The van der Waals surface area contributed by atoms with E-state index in [9.17, 15) is 9.36 Å². The van der Waals surface area contributed by atoms with Crippen LogP contribution < -0.4 is 0 Å². The van der Waals surface area contributed by atoms with Gasteiger partial charge in [-0.3, -0.25) is 9.36 Å². The van der Waals surface area contributed by atoms with Gasteiger partial charge in [0.15, 0.2) is 0 Å². The fraction of sp³-hybridized carbons (Fsp3) is 0.933. The van der Waals surface area contributed by atoms with Crippen LogP contribution in [0.15, 0.2) is 0 Å². The average molecular weight is 322 g/mol. The molecular weight excluding hydrogens is 291 g/mol. The van der Waals surface area contributed by atoms with Gasteiger partial charge in [-0.05, 0) is 26.7 Å². The quantitative estimate of drug-likeness (QED) is 0.267. The molecule has 0 heterocycles. The number of methoxy groups -OCH3 is 1. The van der Waals surface area contributed by atoms with E-state index < -0.39 is 7.60 Å². The molecule has 5 nitrogen and oxygen atoms in total. The molecule has 0 fully saturated rings. The van der Waals surface area contributed by atoms with Gasteiger partial charge in [0.05, 0.1) is 26.5 Å². The fourth-order valence-corrected chi connectivity index (χ4v) is 3.85. The molecule has 0 aromatic carbocycles. The van der Waals surface area contributed by atoms with E-state index in [4.69, 9.17) is 9.05 Å². The lowest BCUT2D eigenvalue weighted by Crippen LogP contribution is -2.00. The third kappa shape index (κ3) is 11.9. The molecule has 21 heavy (non-hydrogen) atoms. The SMILES string of the molecule is CCOP(=O)(CCCCCCCCCC(=O)OC)OCC. The predicted molar refractivity (Wildman–Crippen MR) is 84.7 cm³/mol. The molecule has 0 spiro atoms. The van der Waals surface area contributed by atoms with Crippen LogP contribution in [0.25, 0.3) is 0 Å². The van der Waals surface area contributed by atoms with Crippen molar-refractivity contribution in [1.82, 2.24) is 0 Å². The second-order valence-corrected chi connectivity index (χ2v) is 7.16. The van der Waals surface area contributed by atoms with Gasteiger partial charge < -0.3 is 13.8 Å². The molecule has 6 heteroatoms. The van der Waals surface area contributed by atoms with Gasteiger partial charge in [-0.25, -0.2) is 0 Å². The summed E-state index contributed by atoms with van der Waals surface area (Å²) in [4.78, 5) is 10.9. The van der Waals surface area contributed by atoms with Crippen molar-refractivity contribution in [3.8, 4) is 0 Å². The maximum Gasteiger partial charge on any atom is 0.330 e. The second kappa shape index (κ2) is 13.3. The van der Waals surface area contributed by atoms with Crippen molar-refractivity contribution in [1.29, 1.82) is 0 Å². The summed E-state index contributed by atoms with van der Waals surface area (Å²) >= 11 is 0. The third-order valence-corrected chi connectivity index (χ3v) is 5.36. The Bertz CT molecular complexity index is 296. The van der Waals surface area contributed by atoms with Gasteiger partial charge in [0.2, 0.25) is 0 Å². The highest BCUT2D eigenvalue weighted by Crippen LogP contribution is 2.48. The maximum atomic E-state index is 12.2. The van der Waals surface area contributed by atoms with E-state index in [1.54, 1.807) is 0 Å². The van der Waals surface area contributed by atoms with Crippen molar-refractivity contribution < 1.29 is 23.1 Å². The predicted octanol–water partition coefficient (Wildman–Crippen LogP) is 4.55. The van der Waals surface area contributed by atoms with Crippen molar-refractivity contribution >= 4 is 13.6 Å². The summed E-state index contributed by atoms with van der Waals surface area (Å²) in [6, 6.07) is 0. The van der Waals surface area contributed by atoms with Gasteiger partial charge in [0.1, 0.15) is 0 Å². The summed E-state index contributed by atoms with van der Waals surface area (Å²) in [7, 11) is -1.43. The molecule has 0 unspecified atom stereocenters. The molecule has 0 aliphatic rings. The highest BCUT2D eigenvalue weighted by Gasteiger charge is 2.22. The first-order valence-electron chi connectivity index (χ1n) is 8.03. The Morgan fingerprint density at radius 1 is 0.857 bits per heavy atom. The fourth-order valence-electron chi connectivity index (χ4n) is 2.12. The first-order valence-corrected chi connectivity index (χ1v) is 9.75. The number of unbranched alkanes of at least 4 members (excludes halogenated alkanes) is 6. The van der Waals surface area contributed by atoms with Crippen molar-refractivity contribution in [2.75, 3.05) is 26.5 Å². The zero-order chi connectivity index (χ0) is 16.0. The minimum atomic E-state index is -2.85. The molecule has 0 atom stereocenters. The molecule has 0 aromatic heterocycles. The highest BCUT2D eigenvalue weighted by molar-refractivity contribution is 7.53. The van der Waals surface area contributed by atoms with Gasteiger partial charge in [0, 0.05) is 6.42 Å². The normalized spacial score (nSPS) is 11.6. The van der Waals surface area contributed by atoms with E-state index in [1.165, 1.54) is 7.11 Å². The lowest BCUT2D eigenvalue weighted by molar-refractivity contribution is -0.140. The molecule has 0 saturated heterocycles. The van der Waals surface area contributed by atoms with Crippen LogP contribution in [0.2, 0.25) is 0 Å². The zero-order valence-electron chi connectivity index (χ0n) is 13.8. The monoisotopic (exact) mass is 322 g/mol. The lowest BCUT2D eigenvalue weighted by atomic mass is 10.1. The third-order valence-electron chi connectivity index (χ3n) is 3.19. The molecule has 0 aliphatic carbocycles. The van der Waals surface area contributed by atoms with Crippen molar-refractivity contribution in [3.05, 3.63) is 0 Å². The molecule has 0 bridgehead atoms. The molecular formula is C15H31O5P. The Hall–Kier alpha value is -0.380. The van der Waals surface area contributed by atoms with Crippen LogP contribution in [0.1, 0.15) is 65.2 Å². The van der Waals surface area contributed by atoms with Gasteiger partial charge >= 0.3 is 13.6 Å². The second-order valence-electron chi connectivity index (χ2n) is 4.97. The van der Waals surface area contributed by atoms with Gasteiger partial charge in [0.25, 0.3) is 0 Å². The molecule has 0 amide bonds. The first kappa shape index (κ1) is 20.6. The Balaban J connectivity index is 3.50. The molecule has 0 saturated carbocycles. The topological polar surface area (TPSA) is 61.8 Å². The van der Waals surface area contributed by atoms with Crippen molar-refractivity contribution in [3.63, 3.8) is 0 Å². The van der Waals surface area contributed by atoms with Gasteiger partial charge in [-0.1, -0.05) is 32.1 Å². The molecule has 0 N–H and O–H groups in total. The Kier molecular flexibility index (Phi) is 13.1. The van der Waals surface area contributed by atoms with Crippen LogP contribution >= 0.6 is 7.60 Å². The summed E-state index contributed by atoms with van der Waals surface area (Å²) < 4.78 is 27.3. The summed E-state index contributed by atoms with van der Waals surface area (Å²) in [5, 5.41) is 0. The van der Waals surface area contributed by atoms with Crippen molar-refractivity contribution in [2.24, 2.45) is 0 Å². The number of hydrogen-bond acceptors (Lipinski definition) is 5. The molecule has 0 rings (SSSR count). The summed E-state index contributed by atoms with van der Waals surface area (Å²) in [6.07, 6.45) is 8.30. The van der Waals surface area contributed by atoms with Gasteiger partial charge in [-0.2, -0.15) is 0 Å². The number of carbonyl (C=O) groups is 1. The van der Waals surface area contributed by atoms with Crippen LogP contribution in [-0.4, -0.2) is 32.5 Å². The Morgan fingerprint density at radius 3 is 1.81 bits per heavy atom. The number of esters is 1. The molecule has 0 aliphatic heterocycles. The minimum Gasteiger partial charge on any atom is -0.469 e. The highest BCUT2D eigenvalue weighted by atomic mass is 31.2. The molecule has 0 aromatic rings. The van der Waals surface area contributed by atoms with E-state index in [1.807, 2.05) is 13.8 Å². The first-order chi connectivity index (χ1) is 10.1. The van der Waals surface area contributed by atoms with E-state index in [2.05, 4.69) is 4.74 Å². The smallest absolute Gasteiger partial charge is 0.330 e. The summed E-state index contributed by atoms with van der Waals surface area (Å²) in [5.74, 6) is -0.127. The average Bonchev–Trinajstić information content (AvgIpc) is 2.45. The molecule has 0 radical (unpaired) electrons. The lowest BCUT2D eigenvalue weighted by Gasteiger charge is -2.16. The number of ether oxygens (including phenoxy) is 1. The number of rotatable bonds is 14. The van der Waals surface area contributed by atoms with Crippen LogP contribution in [0, 0.1) is 0 Å². The standard InChI is InChI=1S/C15H31O5P/c1-4-19-21(17,20-5-2)14-12-10-8-6-7-9-11-13-15(16)18-3/h4-14H2,1-3H3. The number of hydrogen-bond donors (Lipinski definition) is 0. The van der Waals surface area contributed by atoms with Crippen LogP contribution in [0.3, 0.4) is 0 Å². The van der Waals surface area contributed by atoms with E-state index in [0.29, 0.717) is 25.8 Å². The summed E-state index contributed by atoms with van der Waals surface area (Å²) in [6.45, 7) is 4.52. The van der Waals surface area contributed by atoms with E-state index >= 15 is 0 Å². The summed E-state index contributed by atoms with van der Waals surface area (Å²) in [5.41, 5.74) is 0. The zero-order valence-corrected chi connectivity index (χ0v) is 14.7. The van der Waals surface area contributed by atoms with Crippen LogP contribution in [-0.2, 0) is 23.1 Å². The number of carbonyl (C=O) groups excluding carboxylic acids is 1. The molecule has 126 valence electrons. The minimum absolute atomic E-state index is 0.127.